The summed E-state index contributed by atoms with van der Waals surface area (Å²) in [5.41, 5.74) is 6.81. The highest BCUT2D eigenvalue weighted by molar-refractivity contribution is 5.98. The molecule has 0 unspecified atom stereocenters. The predicted octanol–water partition coefficient (Wildman–Crippen LogP) is 0.945. The van der Waals surface area contributed by atoms with E-state index in [4.69, 9.17) is 5.73 Å². The number of nitrogens with zero attached hydrogens (tertiary/aromatic N) is 3. The zero-order valence-electron chi connectivity index (χ0n) is 10.4. The van der Waals surface area contributed by atoms with Gasteiger partial charge in [-0.3, -0.25) is 4.79 Å². The van der Waals surface area contributed by atoms with Crippen molar-refractivity contribution in [3.8, 4) is 5.69 Å². The van der Waals surface area contributed by atoms with E-state index in [2.05, 4.69) is 15.4 Å². The minimum Gasteiger partial charge on any atom is -0.329 e. The molecule has 0 spiro atoms. The van der Waals surface area contributed by atoms with E-state index < -0.39 is 0 Å². The molecule has 2 aromatic rings. The van der Waals surface area contributed by atoms with Gasteiger partial charge in [0.05, 0.1) is 16.8 Å². The number of amides is 1. The topological polar surface area (TPSA) is 85.8 Å². The van der Waals surface area contributed by atoms with Crippen molar-refractivity contribution < 1.29 is 4.79 Å². The molecule has 0 bridgehead atoms. The first-order chi connectivity index (χ1) is 9.25. The molecule has 1 heterocycles. The number of para-hydroxylation sites is 2. The number of carbonyl (C=O) groups is 1. The Morgan fingerprint density at radius 2 is 2.21 bits per heavy atom. The molecule has 1 aliphatic carbocycles. The first-order valence-corrected chi connectivity index (χ1v) is 6.21. The van der Waals surface area contributed by atoms with E-state index in [1.54, 1.807) is 11.0 Å². The van der Waals surface area contributed by atoms with Crippen LogP contribution in [0.1, 0.15) is 12.8 Å². The summed E-state index contributed by atoms with van der Waals surface area (Å²) in [6.07, 6.45) is 4.78. The van der Waals surface area contributed by atoms with Crippen molar-refractivity contribution in [1.82, 2.24) is 14.8 Å². The van der Waals surface area contributed by atoms with E-state index in [9.17, 15) is 4.79 Å². The maximum atomic E-state index is 12.2. The monoisotopic (exact) mass is 257 g/mol. The number of hydrogen-bond donors (Lipinski definition) is 2. The number of nitrogens with two attached hydrogens (primary N) is 1. The molecule has 0 radical (unpaired) electrons. The van der Waals surface area contributed by atoms with Crippen LogP contribution in [0, 0.1) is 5.41 Å². The van der Waals surface area contributed by atoms with E-state index in [0.717, 1.165) is 24.2 Å². The predicted molar refractivity (Wildman–Crippen MR) is 70.7 cm³/mol. The fraction of sp³-hybridized carbons (Fsp3) is 0.308. The third-order valence-electron chi connectivity index (χ3n) is 3.54. The van der Waals surface area contributed by atoms with E-state index in [-0.39, 0.29) is 11.3 Å². The summed E-state index contributed by atoms with van der Waals surface area (Å²) >= 11 is 0. The van der Waals surface area contributed by atoms with Crippen molar-refractivity contribution in [1.29, 1.82) is 0 Å². The average molecular weight is 257 g/mol. The lowest BCUT2D eigenvalue weighted by Crippen LogP contribution is -2.31. The molecule has 1 amide bonds. The van der Waals surface area contributed by atoms with Crippen LogP contribution in [0.15, 0.2) is 36.9 Å². The van der Waals surface area contributed by atoms with Crippen LogP contribution in [0.2, 0.25) is 0 Å². The molecule has 0 saturated heterocycles. The number of nitrogens with one attached hydrogen (secondary N) is 1. The molecule has 6 heteroatoms. The molecular formula is C13H15N5O. The lowest BCUT2D eigenvalue weighted by atomic mass is 10.1. The van der Waals surface area contributed by atoms with Gasteiger partial charge in [-0.1, -0.05) is 12.1 Å². The number of anilines is 1. The van der Waals surface area contributed by atoms with Crippen molar-refractivity contribution in [2.75, 3.05) is 11.9 Å². The Kier molecular flexibility index (Phi) is 2.79. The Morgan fingerprint density at radius 1 is 1.42 bits per heavy atom. The van der Waals surface area contributed by atoms with Crippen LogP contribution in [0.5, 0.6) is 0 Å². The zero-order chi connectivity index (χ0) is 13.3. The molecule has 0 aliphatic heterocycles. The van der Waals surface area contributed by atoms with Gasteiger partial charge in [0, 0.05) is 6.54 Å². The number of benzene rings is 1. The van der Waals surface area contributed by atoms with Gasteiger partial charge in [-0.25, -0.2) is 9.67 Å². The molecule has 3 N–H and O–H groups in total. The maximum Gasteiger partial charge on any atom is 0.231 e. The molecule has 1 aliphatic rings. The van der Waals surface area contributed by atoms with Gasteiger partial charge < -0.3 is 11.1 Å². The number of hydrogen-bond acceptors (Lipinski definition) is 4. The van der Waals surface area contributed by atoms with Gasteiger partial charge in [0.1, 0.15) is 12.7 Å². The number of carbonyl (C=O) groups excluding carboxylic acids is 1. The van der Waals surface area contributed by atoms with Crippen LogP contribution in [0.25, 0.3) is 5.69 Å². The van der Waals surface area contributed by atoms with Gasteiger partial charge in [0.2, 0.25) is 5.91 Å². The van der Waals surface area contributed by atoms with Crippen molar-refractivity contribution in [2.24, 2.45) is 11.1 Å². The highest BCUT2D eigenvalue weighted by Gasteiger charge is 2.48. The van der Waals surface area contributed by atoms with E-state index >= 15 is 0 Å². The van der Waals surface area contributed by atoms with Gasteiger partial charge in [-0.15, -0.1) is 0 Å². The molecule has 1 aromatic carbocycles. The summed E-state index contributed by atoms with van der Waals surface area (Å²) in [4.78, 5) is 16.1. The van der Waals surface area contributed by atoms with Gasteiger partial charge in [-0.2, -0.15) is 5.10 Å². The van der Waals surface area contributed by atoms with Crippen LogP contribution in [0.4, 0.5) is 5.69 Å². The molecule has 98 valence electrons. The number of rotatable bonds is 4. The smallest absolute Gasteiger partial charge is 0.231 e. The first kappa shape index (κ1) is 11.9. The number of aromatic nitrogens is 3. The molecule has 0 atom stereocenters. The van der Waals surface area contributed by atoms with Crippen LogP contribution in [-0.2, 0) is 4.79 Å². The normalized spacial score (nSPS) is 16.1. The van der Waals surface area contributed by atoms with E-state index in [1.807, 2.05) is 24.3 Å². The second-order valence-electron chi connectivity index (χ2n) is 4.80. The lowest BCUT2D eigenvalue weighted by Gasteiger charge is -2.15. The molecule has 19 heavy (non-hydrogen) atoms. The molecular weight excluding hydrogens is 242 g/mol. The Labute approximate surface area is 110 Å². The minimum atomic E-state index is -0.366. The largest absolute Gasteiger partial charge is 0.329 e. The van der Waals surface area contributed by atoms with E-state index in [0.29, 0.717) is 6.54 Å². The summed E-state index contributed by atoms with van der Waals surface area (Å²) in [7, 11) is 0. The van der Waals surface area contributed by atoms with Crippen molar-refractivity contribution in [3.63, 3.8) is 0 Å². The Hall–Kier alpha value is -2.21. The fourth-order valence-corrected chi connectivity index (χ4v) is 2.04. The van der Waals surface area contributed by atoms with Gasteiger partial charge >= 0.3 is 0 Å². The van der Waals surface area contributed by atoms with Gasteiger partial charge in [-0.05, 0) is 25.0 Å². The summed E-state index contributed by atoms with van der Waals surface area (Å²) in [5, 5.41) is 7.03. The van der Waals surface area contributed by atoms with Crippen LogP contribution >= 0.6 is 0 Å². The van der Waals surface area contributed by atoms with Crippen molar-refractivity contribution in [2.45, 2.75) is 12.8 Å². The molecule has 1 fully saturated rings. The van der Waals surface area contributed by atoms with E-state index in [1.165, 1.54) is 6.33 Å². The Morgan fingerprint density at radius 3 is 2.84 bits per heavy atom. The second kappa shape index (κ2) is 4.47. The molecule has 6 nitrogen and oxygen atoms in total. The lowest BCUT2D eigenvalue weighted by molar-refractivity contribution is -0.120. The quantitative estimate of drug-likeness (QED) is 0.853. The van der Waals surface area contributed by atoms with Crippen LogP contribution in [-0.4, -0.2) is 27.2 Å². The Bertz CT molecular complexity index is 589. The second-order valence-corrected chi connectivity index (χ2v) is 4.80. The molecule has 3 rings (SSSR count). The average Bonchev–Trinajstić information content (AvgIpc) is 3.06. The Balaban J connectivity index is 1.88. The fourth-order valence-electron chi connectivity index (χ4n) is 2.04. The summed E-state index contributed by atoms with van der Waals surface area (Å²) in [6, 6.07) is 7.49. The SMILES string of the molecule is NCC1(C(=O)Nc2ccccc2-n2cncn2)CC1. The van der Waals surface area contributed by atoms with Gasteiger partial charge in [0.25, 0.3) is 0 Å². The van der Waals surface area contributed by atoms with Crippen LogP contribution < -0.4 is 11.1 Å². The maximum absolute atomic E-state index is 12.2. The highest BCUT2D eigenvalue weighted by atomic mass is 16.2. The minimum absolute atomic E-state index is 0.0115. The standard InChI is InChI=1S/C13H15N5O/c14-7-13(5-6-13)12(19)17-10-3-1-2-4-11(10)18-9-15-8-16-18/h1-4,8-9H,5-7,14H2,(H,17,19). The van der Waals surface area contributed by atoms with Crippen LogP contribution in [0.3, 0.4) is 0 Å². The zero-order valence-corrected chi connectivity index (χ0v) is 10.4. The molecule has 1 aromatic heterocycles. The summed E-state index contributed by atoms with van der Waals surface area (Å²) in [5.74, 6) is -0.0115. The van der Waals surface area contributed by atoms with Gasteiger partial charge in [0.15, 0.2) is 0 Å². The highest BCUT2D eigenvalue weighted by Crippen LogP contribution is 2.45. The summed E-state index contributed by atoms with van der Waals surface area (Å²) in [6.45, 7) is 0.393. The third-order valence-corrected chi connectivity index (χ3v) is 3.54. The van der Waals surface area contributed by atoms with Crippen molar-refractivity contribution >= 4 is 11.6 Å². The first-order valence-electron chi connectivity index (χ1n) is 6.21. The molecule has 1 saturated carbocycles. The third kappa shape index (κ3) is 2.10. The summed E-state index contributed by atoms with van der Waals surface area (Å²) < 4.78 is 1.62. The van der Waals surface area contributed by atoms with Crippen molar-refractivity contribution in [3.05, 3.63) is 36.9 Å².